The molecule has 2 N–H and O–H groups in total. The Hall–Kier alpha value is -1.34. The zero-order valence-electron chi connectivity index (χ0n) is 12.6. The quantitative estimate of drug-likeness (QED) is 0.846. The molecular weight excluding hydrogens is 246 g/mol. The van der Waals surface area contributed by atoms with Crippen molar-refractivity contribution >= 4 is 0 Å². The van der Waals surface area contributed by atoms with Crippen LogP contribution in [0, 0.1) is 11.8 Å². The summed E-state index contributed by atoms with van der Waals surface area (Å²) in [7, 11) is 4.36. The molecule has 1 aromatic rings. The number of nitrogens with zero attached hydrogens (tertiary/aromatic N) is 2. The molecule has 1 aliphatic rings. The smallest absolute Gasteiger partial charge is 0.0555 e. The molecule has 3 heteroatoms. The number of hydrogen-bond acceptors (Lipinski definition) is 3. The zero-order chi connectivity index (χ0) is 14.4. The molecule has 0 radical (unpaired) electrons. The van der Waals surface area contributed by atoms with Gasteiger partial charge in [0.15, 0.2) is 0 Å². The highest BCUT2D eigenvalue weighted by Crippen LogP contribution is 2.16. The van der Waals surface area contributed by atoms with E-state index in [-0.39, 0.29) is 0 Å². The van der Waals surface area contributed by atoms with Crippen molar-refractivity contribution in [2.24, 2.45) is 5.73 Å². The molecule has 1 heterocycles. The second-order valence-electron chi connectivity index (χ2n) is 5.70. The number of hydrogen-bond donors (Lipinski definition) is 1. The first kappa shape index (κ1) is 15.1. The van der Waals surface area contributed by atoms with Crippen molar-refractivity contribution in [3.8, 4) is 11.8 Å². The summed E-state index contributed by atoms with van der Waals surface area (Å²) < 4.78 is 0. The molecule has 1 atom stereocenters. The van der Waals surface area contributed by atoms with Crippen LogP contribution in [0.5, 0.6) is 0 Å². The van der Waals surface area contributed by atoms with Crippen LogP contribution in [0.1, 0.15) is 24.0 Å². The third-order valence-corrected chi connectivity index (χ3v) is 3.88. The summed E-state index contributed by atoms with van der Waals surface area (Å²) in [6.07, 6.45) is 2.60. The normalized spacial score (nSPS) is 19.7. The fourth-order valence-electron chi connectivity index (χ4n) is 2.75. The second-order valence-corrected chi connectivity index (χ2v) is 5.70. The molecule has 1 fully saturated rings. The Morgan fingerprint density at radius 2 is 2.25 bits per heavy atom. The average Bonchev–Trinajstić information content (AvgIpc) is 2.46. The lowest BCUT2D eigenvalue weighted by Gasteiger charge is -2.36. The van der Waals surface area contributed by atoms with E-state index in [0.29, 0.717) is 12.6 Å². The van der Waals surface area contributed by atoms with Crippen LogP contribution in [-0.4, -0.2) is 49.6 Å². The third kappa shape index (κ3) is 4.35. The largest absolute Gasteiger partial charge is 0.320 e. The highest BCUT2D eigenvalue weighted by Gasteiger charge is 2.21. The van der Waals surface area contributed by atoms with Gasteiger partial charge in [-0.25, -0.2) is 0 Å². The third-order valence-electron chi connectivity index (χ3n) is 3.88. The Kier molecular flexibility index (Phi) is 5.60. The summed E-state index contributed by atoms with van der Waals surface area (Å²) in [4.78, 5) is 4.89. The molecule has 1 saturated heterocycles. The summed E-state index contributed by atoms with van der Waals surface area (Å²) in [6, 6.07) is 9.19. The molecule has 0 saturated carbocycles. The maximum atomic E-state index is 5.42. The predicted molar refractivity (Wildman–Crippen MR) is 84.4 cm³/mol. The van der Waals surface area contributed by atoms with Gasteiger partial charge in [0.25, 0.3) is 0 Å². The highest BCUT2D eigenvalue weighted by atomic mass is 15.2. The molecule has 0 aromatic heterocycles. The maximum Gasteiger partial charge on any atom is 0.0555 e. The van der Waals surface area contributed by atoms with Gasteiger partial charge in [0, 0.05) is 24.7 Å². The highest BCUT2D eigenvalue weighted by molar-refractivity contribution is 5.37. The van der Waals surface area contributed by atoms with Crippen molar-refractivity contribution in [2.75, 3.05) is 33.7 Å². The van der Waals surface area contributed by atoms with Crippen LogP contribution >= 0.6 is 0 Å². The topological polar surface area (TPSA) is 32.5 Å². The summed E-state index contributed by atoms with van der Waals surface area (Å²) >= 11 is 0. The average molecular weight is 271 g/mol. The van der Waals surface area contributed by atoms with Crippen molar-refractivity contribution in [3.05, 3.63) is 35.4 Å². The van der Waals surface area contributed by atoms with E-state index >= 15 is 0 Å². The van der Waals surface area contributed by atoms with Gasteiger partial charge in [-0.1, -0.05) is 24.0 Å². The number of likely N-dealkylation sites (tertiary alicyclic amines) is 1. The zero-order valence-corrected chi connectivity index (χ0v) is 12.6. The van der Waals surface area contributed by atoms with Crippen LogP contribution in [0.2, 0.25) is 0 Å². The minimum Gasteiger partial charge on any atom is -0.320 e. The van der Waals surface area contributed by atoms with E-state index in [9.17, 15) is 0 Å². The molecule has 108 valence electrons. The van der Waals surface area contributed by atoms with Crippen LogP contribution in [0.3, 0.4) is 0 Å². The number of nitrogens with two attached hydrogens (primary N) is 1. The van der Waals surface area contributed by atoms with Gasteiger partial charge in [-0.3, -0.25) is 4.90 Å². The number of likely N-dealkylation sites (N-methyl/N-ethyl adjacent to an activating group) is 1. The molecule has 0 bridgehead atoms. The van der Waals surface area contributed by atoms with Crippen LogP contribution in [0.15, 0.2) is 24.3 Å². The molecule has 2 rings (SSSR count). The minimum atomic E-state index is 0.418. The summed E-state index contributed by atoms with van der Waals surface area (Å²) in [5.74, 6) is 6.02. The Labute approximate surface area is 122 Å². The minimum absolute atomic E-state index is 0.418. The molecule has 20 heavy (non-hydrogen) atoms. The van der Waals surface area contributed by atoms with Gasteiger partial charge in [0.1, 0.15) is 0 Å². The SMILES string of the molecule is CN(C)C1CCCN(Cc2cccc(C#CCN)c2)C1. The van der Waals surface area contributed by atoms with Gasteiger partial charge in [-0.15, -0.1) is 0 Å². The predicted octanol–water partition coefficient (Wildman–Crippen LogP) is 1.52. The van der Waals surface area contributed by atoms with E-state index in [1.165, 1.54) is 24.9 Å². The number of piperidine rings is 1. The number of benzene rings is 1. The van der Waals surface area contributed by atoms with Crippen LogP contribution < -0.4 is 5.73 Å². The van der Waals surface area contributed by atoms with E-state index in [4.69, 9.17) is 5.73 Å². The first-order valence-electron chi connectivity index (χ1n) is 7.35. The number of rotatable bonds is 3. The Balaban J connectivity index is 1.99. The van der Waals surface area contributed by atoms with E-state index in [0.717, 1.165) is 18.7 Å². The van der Waals surface area contributed by atoms with Gasteiger partial charge in [0.2, 0.25) is 0 Å². The van der Waals surface area contributed by atoms with Crippen molar-refractivity contribution < 1.29 is 0 Å². The van der Waals surface area contributed by atoms with E-state index in [1.54, 1.807) is 0 Å². The van der Waals surface area contributed by atoms with Gasteiger partial charge in [-0.2, -0.15) is 0 Å². The fourth-order valence-corrected chi connectivity index (χ4v) is 2.75. The Morgan fingerprint density at radius 1 is 1.40 bits per heavy atom. The summed E-state index contributed by atoms with van der Waals surface area (Å²) in [5, 5.41) is 0. The molecule has 1 aromatic carbocycles. The Bertz CT molecular complexity index is 484. The van der Waals surface area contributed by atoms with Gasteiger partial charge in [-0.05, 0) is 51.2 Å². The van der Waals surface area contributed by atoms with Crippen LogP contribution in [-0.2, 0) is 6.54 Å². The van der Waals surface area contributed by atoms with Crippen LogP contribution in [0.25, 0.3) is 0 Å². The monoisotopic (exact) mass is 271 g/mol. The van der Waals surface area contributed by atoms with Crippen molar-refractivity contribution in [1.29, 1.82) is 0 Å². The molecule has 0 amide bonds. The summed E-state index contributed by atoms with van der Waals surface area (Å²) in [6.45, 7) is 3.79. The first-order valence-corrected chi connectivity index (χ1v) is 7.35. The first-order chi connectivity index (χ1) is 9.69. The second kappa shape index (κ2) is 7.44. The van der Waals surface area contributed by atoms with Crippen LogP contribution in [0.4, 0.5) is 0 Å². The van der Waals surface area contributed by atoms with E-state index in [2.05, 4.69) is 53.9 Å². The van der Waals surface area contributed by atoms with Crippen molar-refractivity contribution in [2.45, 2.75) is 25.4 Å². The standard InChI is InChI=1S/C17H25N3/c1-19(2)17-9-5-11-20(14-17)13-16-7-3-6-15(12-16)8-4-10-18/h3,6-7,12,17H,5,9-11,13-14,18H2,1-2H3. The van der Waals surface area contributed by atoms with Gasteiger partial charge < -0.3 is 10.6 Å². The molecule has 1 aliphatic heterocycles. The molecule has 3 nitrogen and oxygen atoms in total. The van der Waals surface area contributed by atoms with Crippen molar-refractivity contribution in [3.63, 3.8) is 0 Å². The molecule has 0 spiro atoms. The lowest BCUT2D eigenvalue weighted by atomic mass is 10.0. The Morgan fingerprint density at radius 3 is 3.00 bits per heavy atom. The lowest BCUT2D eigenvalue weighted by molar-refractivity contribution is 0.128. The van der Waals surface area contributed by atoms with E-state index in [1.807, 2.05) is 6.07 Å². The van der Waals surface area contributed by atoms with E-state index < -0.39 is 0 Å². The fraction of sp³-hybridized carbons (Fsp3) is 0.529. The summed E-state index contributed by atoms with van der Waals surface area (Å²) in [5.41, 5.74) is 7.83. The molecular formula is C17H25N3. The maximum absolute atomic E-state index is 5.42. The van der Waals surface area contributed by atoms with Crippen molar-refractivity contribution in [1.82, 2.24) is 9.80 Å². The van der Waals surface area contributed by atoms with Gasteiger partial charge in [0.05, 0.1) is 6.54 Å². The van der Waals surface area contributed by atoms with Gasteiger partial charge >= 0.3 is 0 Å². The lowest BCUT2D eigenvalue weighted by Crippen LogP contribution is -2.44. The molecule has 1 unspecified atom stereocenters. The molecule has 0 aliphatic carbocycles.